The molecule has 0 fully saturated rings. The van der Waals surface area contributed by atoms with E-state index in [1.807, 2.05) is 26.0 Å². The monoisotopic (exact) mass is 375 g/mol. The summed E-state index contributed by atoms with van der Waals surface area (Å²) < 4.78 is 5.81. The van der Waals surface area contributed by atoms with Gasteiger partial charge in [-0.1, -0.05) is 23.2 Å². The molecule has 0 bridgehead atoms. The maximum Gasteiger partial charge on any atom is 0.248 e. The summed E-state index contributed by atoms with van der Waals surface area (Å²) in [5.74, 6) is 1.20. The molecular weight excluding hydrogens is 361 g/mol. The van der Waals surface area contributed by atoms with Crippen molar-refractivity contribution in [2.24, 2.45) is 0 Å². The predicted octanol–water partition coefficient (Wildman–Crippen LogP) is 4.91. The Labute approximate surface area is 155 Å². The zero-order valence-electron chi connectivity index (χ0n) is 13.5. The molecule has 0 aliphatic heterocycles. The standard InChI is InChI=1S/C17H15Cl2N5O/c1-9-6-11(7-10(2)13(9)18)25-17-14(20)16(22-8-23-17)24-12-4-3-5-21-15(12)19/h3-8H,20H2,1-2H3,(H,22,23,24). The highest BCUT2D eigenvalue weighted by atomic mass is 35.5. The van der Waals surface area contributed by atoms with Crippen molar-refractivity contribution in [3.8, 4) is 11.6 Å². The number of aromatic nitrogens is 3. The van der Waals surface area contributed by atoms with E-state index < -0.39 is 0 Å². The van der Waals surface area contributed by atoms with Gasteiger partial charge in [0, 0.05) is 11.2 Å². The topological polar surface area (TPSA) is 86.0 Å². The van der Waals surface area contributed by atoms with Crippen LogP contribution in [0.1, 0.15) is 11.1 Å². The number of hydrogen-bond acceptors (Lipinski definition) is 6. The molecule has 0 amide bonds. The van der Waals surface area contributed by atoms with Gasteiger partial charge in [0.25, 0.3) is 0 Å². The van der Waals surface area contributed by atoms with Gasteiger partial charge in [0.2, 0.25) is 5.88 Å². The second-order valence-electron chi connectivity index (χ2n) is 5.38. The summed E-state index contributed by atoms with van der Waals surface area (Å²) in [6.45, 7) is 3.81. The zero-order chi connectivity index (χ0) is 18.0. The van der Waals surface area contributed by atoms with Crippen molar-refractivity contribution in [2.75, 3.05) is 11.1 Å². The Morgan fingerprint density at radius 1 is 1.08 bits per heavy atom. The number of nitrogens with zero attached hydrogens (tertiary/aromatic N) is 3. The molecule has 0 saturated heterocycles. The summed E-state index contributed by atoms with van der Waals surface area (Å²) >= 11 is 12.2. The van der Waals surface area contributed by atoms with Gasteiger partial charge >= 0.3 is 0 Å². The average molecular weight is 376 g/mol. The molecular formula is C17H15Cl2N5O. The molecule has 0 spiro atoms. The summed E-state index contributed by atoms with van der Waals surface area (Å²) in [6, 6.07) is 7.16. The third kappa shape index (κ3) is 3.75. The summed E-state index contributed by atoms with van der Waals surface area (Å²) in [6.07, 6.45) is 2.95. The molecule has 0 radical (unpaired) electrons. The number of ether oxygens (including phenoxy) is 1. The van der Waals surface area contributed by atoms with E-state index in [0.717, 1.165) is 11.1 Å². The van der Waals surface area contributed by atoms with Crippen LogP contribution in [0.2, 0.25) is 10.2 Å². The largest absolute Gasteiger partial charge is 0.437 e. The number of anilines is 3. The Balaban J connectivity index is 1.90. The minimum atomic E-state index is 0.235. The molecule has 3 aromatic rings. The molecule has 0 aliphatic rings. The van der Waals surface area contributed by atoms with E-state index in [-0.39, 0.29) is 11.6 Å². The van der Waals surface area contributed by atoms with E-state index >= 15 is 0 Å². The van der Waals surface area contributed by atoms with Gasteiger partial charge in [-0.2, -0.15) is 4.98 Å². The number of halogens is 2. The van der Waals surface area contributed by atoms with Crippen molar-refractivity contribution in [2.45, 2.75) is 13.8 Å². The third-order valence-electron chi connectivity index (χ3n) is 3.48. The fourth-order valence-electron chi connectivity index (χ4n) is 2.24. The summed E-state index contributed by atoms with van der Waals surface area (Å²) in [5.41, 5.74) is 8.79. The summed E-state index contributed by atoms with van der Waals surface area (Å²) in [5, 5.41) is 4.04. The number of hydrogen-bond donors (Lipinski definition) is 2. The molecule has 0 aliphatic carbocycles. The first kappa shape index (κ1) is 17.3. The van der Waals surface area contributed by atoms with Crippen LogP contribution in [0.15, 0.2) is 36.8 Å². The predicted molar refractivity (Wildman–Crippen MR) is 100.0 cm³/mol. The molecule has 0 atom stereocenters. The second-order valence-corrected chi connectivity index (χ2v) is 6.12. The second kappa shape index (κ2) is 7.13. The van der Waals surface area contributed by atoms with Crippen molar-refractivity contribution in [3.63, 3.8) is 0 Å². The van der Waals surface area contributed by atoms with Crippen molar-refractivity contribution < 1.29 is 4.74 Å². The maximum atomic E-state index is 6.18. The Morgan fingerprint density at radius 3 is 2.48 bits per heavy atom. The van der Waals surface area contributed by atoms with Crippen LogP contribution in [-0.4, -0.2) is 15.0 Å². The SMILES string of the molecule is Cc1cc(Oc2ncnc(Nc3cccnc3Cl)c2N)cc(C)c1Cl. The molecule has 2 heterocycles. The molecule has 8 heteroatoms. The van der Waals surface area contributed by atoms with E-state index in [4.69, 9.17) is 33.7 Å². The summed E-state index contributed by atoms with van der Waals surface area (Å²) in [4.78, 5) is 12.2. The summed E-state index contributed by atoms with van der Waals surface area (Å²) in [7, 11) is 0. The Kier molecular flexibility index (Phi) is 4.92. The number of rotatable bonds is 4. The van der Waals surface area contributed by atoms with Gasteiger partial charge in [0.15, 0.2) is 11.0 Å². The third-order valence-corrected chi connectivity index (χ3v) is 4.38. The van der Waals surface area contributed by atoms with Crippen molar-refractivity contribution >= 4 is 40.4 Å². The van der Waals surface area contributed by atoms with Crippen LogP contribution >= 0.6 is 23.2 Å². The van der Waals surface area contributed by atoms with E-state index in [1.165, 1.54) is 6.33 Å². The lowest BCUT2D eigenvalue weighted by molar-refractivity contribution is 0.464. The lowest BCUT2D eigenvalue weighted by Crippen LogP contribution is -2.03. The zero-order valence-corrected chi connectivity index (χ0v) is 15.1. The van der Waals surface area contributed by atoms with Gasteiger partial charge in [-0.15, -0.1) is 0 Å². The lowest BCUT2D eigenvalue weighted by atomic mass is 10.1. The first-order valence-corrected chi connectivity index (χ1v) is 8.14. The first-order chi connectivity index (χ1) is 12.0. The Bertz CT molecular complexity index is 910. The molecule has 0 unspecified atom stereocenters. The number of benzene rings is 1. The van der Waals surface area contributed by atoms with Gasteiger partial charge in [0.1, 0.15) is 17.8 Å². The smallest absolute Gasteiger partial charge is 0.248 e. The van der Waals surface area contributed by atoms with Crippen LogP contribution in [0, 0.1) is 13.8 Å². The first-order valence-electron chi connectivity index (χ1n) is 7.38. The fraction of sp³-hybridized carbons (Fsp3) is 0.118. The van der Waals surface area contributed by atoms with Gasteiger partial charge in [-0.25, -0.2) is 9.97 Å². The van der Waals surface area contributed by atoms with Crippen molar-refractivity contribution in [1.82, 2.24) is 15.0 Å². The molecule has 2 aromatic heterocycles. The van der Waals surface area contributed by atoms with E-state index in [1.54, 1.807) is 18.3 Å². The minimum absolute atomic E-state index is 0.235. The van der Waals surface area contributed by atoms with E-state index in [9.17, 15) is 0 Å². The van der Waals surface area contributed by atoms with Crippen LogP contribution in [-0.2, 0) is 0 Å². The normalized spacial score (nSPS) is 10.6. The van der Waals surface area contributed by atoms with Crippen LogP contribution in [0.4, 0.5) is 17.2 Å². The molecule has 3 rings (SSSR count). The maximum absolute atomic E-state index is 6.18. The van der Waals surface area contributed by atoms with Crippen molar-refractivity contribution in [3.05, 3.63) is 58.1 Å². The van der Waals surface area contributed by atoms with Crippen molar-refractivity contribution in [1.29, 1.82) is 0 Å². The molecule has 0 saturated carbocycles. The Hall–Kier alpha value is -2.57. The molecule has 1 aromatic carbocycles. The highest BCUT2D eigenvalue weighted by Gasteiger charge is 2.13. The van der Waals surface area contributed by atoms with Crippen LogP contribution in [0.25, 0.3) is 0 Å². The highest BCUT2D eigenvalue weighted by Crippen LogP contribution is 2.34. The van der Waals surface area contributed by atoms with E-state index in [2.05, 4.69) is 20.3 Å². The van der Waals surface area contributed by atoms with Gasteiger partial charge in [-0.05, 0) is 49.2 Å². The van der Waals surface area contributed by atoms with Gasteiger partial charge < -0.3 is 15.8 Å². The fourth-order valence-corrected chi connectivity index (χ4v) is 2.52. The minimum Gasteiger partial charge on any atom is -0.437 e. The van der Waals surface area contributed by atoms with Crippen LogP contribution in [0.5, 0.6) is 11.6 Å². The Morgan fingerprint density at radius 2 is 1.80 bits per heavy atom. The molecule has 6 nitrogen and oxygen atoms in total. The van der Waals surface area contributed by atoms with E-state index in [0.29, 0.717) is 27.4 Å². The van der Waals surface area contributed by atoms with Gasteiger partial charge in [0.05, 0.1) is 5.69 Å². The number of pyridine rings is 1. The number of nitrogens with two attached hydrogens (primary N) is 1. The molecule has 25 heavy (non-hydrogen) atoms. The quantitative estimate of drug-likeness (QED) is 0.629. The number of nitrogens with one attached hydrogen (secondary N) is 1. The molecule has 128 valence electrons. The van der Waals surface area contributed by atoms with Crippen LogP contribution in [0.3, 0.4) is 0 Å². The molecule has 3 N–H and O–H groups in total. The number of nitrogen functional groups attached to an aromatic ring is 1. The average Bonchev–Trinajstić information content (AvgIpc) is 2.58. The lowest BCUT2D eigenvalue weighted by Gasteiger charge is -2.13. The van der Waals surface area contributed by atoms with Crippen LogP contribution < -0.4 is 15.8 Å². The highest BCUT2D eigenvalue weighted by molar-refractivity contribution is 6.32. The van der Waals surface area contributed by atoms with Gasteiger partial charge in [-0.3, -0.25) is 0 Å². The number of aryl methyl sites for hydroxylation is 2.